The second kappa shape index (κ2) is 10.7. The Bertz CT molecular complexity index is 388. The number of hydrogen-bond donors (Lipinski definition) is 2. The summed E-state index contributed by atoms with van der Waals surface area (Å²) < 4.78 is 1.55. The highest BCUT2D eigenvalue weighted by molar-refractivity contribution is 9.10. The molecular weight excluding hydrogens is 340 g/mol. The lowest BCUT2D eigenvalue weighted by molar-refractivity contribution is 0.321. The van der Waals surface area contributed by atoms with E-state index in [1.54, 1.807) is 0 Å². The van der Waals surface area contributed by atoms with Crippen LogP contribution in [-0.4, -0.2) is 28.9 Å². The Kier molecular flexibility index (Phi) is 10.6. The van der Waals surface area contributed by atoms with Crippen LogP contribution in [0.5, 0.6) is 0 Å². The average molecular weight is 363 g/mol. The fourth-order valence-electron chi connectivity index (χ4n) is 1.55. The van der Waals surface area contributed by atoms with Gasteiger partial charge in [0.15, 0.2) is 0 Å². The van der Waals surface area contributed by atoms with E-state index in [0.29, 0.717) is 4.32 Å². The molecule has 0 aliphatic heterocycles. The van der Waals surface area contributed by atoms with Crippen LogP contribution < -0.4 is 5.32 Å². The monoisotopic (exact) mass is 362 g/mol. The lowest BCUT2D eigenvalue weighted by Gasteiger charge is -2.13. The van der Waals surface area contributed by atoms with Gasteiger partial charge in [-0.1, -0.05) is 48.9 Å². The van der Waals surface area contributed by atoms with Gasteiger partial charge in [-0.25, -0.2) is 0 Å². The zero-order chi connectivity index (χ0) is 14.8. The van der Waals surface area contributed by atoms with Gasteiger partial charge in [-0.05, 0) is 50.3 Å². The molecule has 1 aromatic rings. The smallest absolute Gasteiger partial charge is 0.135 e. The van der Waals surface area contributed by atoms with Crippen molar-refractivity contribution in [2.75, 3.05) is 25.0 Å². The number of rotatable bonds is 4. The Morgan fingerprint density at radius 3 is 2.11 bits per heavy atom. The largest absolute Gasteiger partial charge is 0.341 e. The van der Waals surface area contributed by atoms with Crippen molar-refractivity contribution in [1.82, 2.24) is 4.90 Å². The molecule has 0 saturated carbocycles. The molecule has 0 amide bonds. The van der Waals surface area contributed by atoms with E-state index in [4.69, 9.17) is 12.2 Å². The minimum Gasteiger partial charge on any atom is -0.341 e. The Hall–Kier alpha value is -0.100. The molecule has 0 saturated heterocycles. The highest BCUT2D eigenvalue weighted by atomic mass is 79.9. The maximum absolute atomic E-state index is 4.81. The first-order valence-electron chi connectivity index (χ1n) is 6.42. The van der Waals surface area contributed by atoms with Gasteiger partial charge in [0.2, 0.25) is 0 Å². The molecule has 0 aliphatic rings. The molecule has 0 unspecified atom stereocenters. The molecule has 108 valence electrons. The number of thiocarbonyl (C=S) groups is 1. The van der Waals surface area contributed by atoms with E-state index in [2.05, 4.69) is 59.5 Å². The summed E-state index contributed by atoms with van der Waals surface area (Å²) in [7, 11) is 0. The van der Waals surface area contributed by atoms with Gasteiger partial charge in [0.25, 0.3) is 0 Å². The van der Waals surface area contributed by atoms with Gasteiger partial charge in [0, 0.05) is 10.2 Å². The lowest BCUT2D eigenvalue weighted by atomic mass is 10.2. The number of benzene rings is 1. The minimum atomic E-state index is 0.487. The average Bonchev–Trinajstić information content (AvgIpc) is 2.35. The normalized spacial score (nSPS) is 9.84. The van der Waals surface area contributed by atoms with E-state index in [0.717, 1.165) is 15.7 Å². The topological polar surface area (TPSA) is 15.3 Å². The lowest BCUT2D eigenvalue weighted by Crippen LogP contribution is -2.21. The van der Waals surface area contributed by atoms with Crippen molar-refractivity contribution < 1.29 is 0 Å². The van der Waals surface area contributed by atoms with Gasteiger partial charge in [0.05, 0.1) is 0 Å². The second-order valence-corrected chi connectivity index (χ2v) is 6.08. The van der Waals surface area contributed by atoms with E-state index in [9.17, 15) is 0 Å². The zero-order valence-corrected chi connectivity index (χ0v) is 15.3. The number of nitrogens with zero attached hydrogens (tertiary/aromatic N) is 1. The van der Waals surface area contributed by atoms with Gasteiger partial charge in [0.1, 0.15) is 4.32 Å². The summed E-state index contributed by atoms with van der Waals surface area (Å²) in [4.78, 5) is 2.38. The summed E-state index contributed by atoms with van der Waals surface area (Å²) >= 11 is 12.2. The molecule has 0 spiro atoms. The summed E-state index contributed by atoms with van der Waals surface area (Å²) in [6.45, 7) is 12.1. The molecular formula is C14H23BrN2S2. The first kappa shape index (κ1) is 18.9. The molecule has 1 aromatic carbocycles. The number of aryl methyl sites for hydroxylation is 1. The molecule has 0 fully saturated rings. The Balaban J connectivity index is 0.000000399. The van der Waals surface area contributed by atoms with Crippen LogP contribution in [0.2, 0.25) is 0 Å². The molecule has 0 radical (unpaired) electrons. The summed E-state index contributed by atoms with van der Waals surface area (Å²) in [5, 5.41) is 2.98. The Labute approximate surface area is 136 Å². The van der Waals surface area contributed by atoms with E-state index >= 15 is 0 Å². The highest BCUT2D eigenvalue weighted by Crippen LogP contribution is 2.20. The van der Waals surface area contributed by atoms with Crippen LogP contribution in [0.4, 0.5) is 5.69 Å². The van der Waals surface area contributed by atoms with E-state index in [-0.39, 0.29) is 0 Å². The first-order chi connectivity index (χ1) is 8.94. The highest BCUT2D eigenvalue weighted by Gasteiger charge is 1.98. The van der Waals surface area contributed by atoms with Crippen molar-refractivity contribution in [3.63, 3.8) is 0 Å². The predicted octanol–water partition coefficient (Wildman–Crippen LogP) is 4.73. The molecule has 2 nitrogen and oxygen atoms in total. The van der Waals surface area contributed by atoms with Crippen LogP contribution in [0, 0.1) is 6.92 Å². The summed E-state index contributed by atoms with van der Waals surface area (Å²) in [5.74, 6) is 0. The molecule has 0 aromatic heterocycles. The fourth-order valence-corrected chi connectivity index (χ4v) is 2.26. The fraction of sp³-hybridized carbons (Fsp3) is 0.500. The maximum atomic E-state index is 4.81. The second-order valence-electron chi connectivity index (χ2n) is 4.01. The van der Waals surface area contributed by atoms with Gasteiger partial charge in [-0.15, -0.1) is 12.6 Å². The van der Waals surface area contributed by atoms with E-state index < -0.39 is 0 Å². The Morgan fingerprint density at radius 2 is 1.79 bits per heavy atom. The number of nitrogens with one attached hydrogen (secondary N) is 1. The molecule has 0 atom stereocenters. The van der Waals surface area contributed by atoms with Crippen molar-refractivity contribution in [3.8, 4) is 0 Å². The quantitative estimate of drug-likeness (QED) is 0.594. The Morgan fingerprint density at radius 1 is 1.26 bits per heavy atom. The number of thiol groups is 1. The maximum Gasteiger partial charge on any atom is 0.135 e. The van der Waals surface area contributed by atoms with Crippen molar-refractivity contribution in [1.29, 1.82) is 0 Å². The summed E-state index contributed by atoms with van der Waals surface area (Å²) in [6.07, 6.45) is 0. The van der Waals surface area contributed by atoms with Crippen LogP contribution in [0.15, 0.2) is 22.7 Å². The van der Waals surface area contributed by atoms with Crippen molar-refractivity contribution in [2.45, 2.75) is 27.7 Å². The third-order valence-corrected chi connectivity index (χ3v) is 3.48. The first-order valence-corrected chi connectivity index (χ1v) is 8.07. The number of anilines is 1. The molecule has 1 N–H and O–H groups in total. The van der Waals surface area contributed by atoms with Crippen molar-refractivity contribution in [2.24, 2.45) is 0 Å². The minimum absolute atomic E-state index is 0.487. The zero-order valence-electron chi connectivity index (χ0n) is 12.0. The van der Waals surface area contributed by atoms with Crippen LogP contribution >= 0.6 is 40.8 Å². The van der Waals surface area contributed by atoms with Crippen LogP contribution in [0.3, 0.4) is 0 Å². The van der Waals surface area contributed by atoms with Crippen molar-refractivity contribution in [3.05, 3.63) is 28.2 Å². The standard InChI is InChI=1S/C8H8BrNS2.C6H15N/c1-5-4-6(9)2-3-7(5)10-8(11)12;1-4-7(5-2)6-3/h2-4H,1H3,(H2,10,11,12);4-6H2,1-3H3. The number of hydrogen-bond acceptors (Lipinski definition) is 2. The number of halogens is 1. The third kappa shape index (κ3) is 8.63. The van der Waals surface area contributed by atoms with Crippen LogP contribution in [0.1, 0.15) is 26.3 Å². The van der Waals surface area contributed by atoms with Crippen LogP contribution in [0.25, 0.3) is 0 Å². The third-order valence-electron chi connectivity index (χ3n) is 2.77. The summed E-state index contributed by atoms with van der Waals surface area (Å²) in [6, 6.07) is 5.94. The van der Waals surface area contributed by atoms with Crippen molar-refractivity contribution >= 4 is 50.8 Å². The van der Waals surface area contributed by atoms with E-state index in [1.807, 2.05) is 25.1 Å². The van der Waals surface area contributed by atoms with Crippen LogP contribution in [-0.2, 0) is 0 Å². The molecule has 19 heavy (non-hydrogen) atoms. The molecule has 0 bridgehead atoms. The molecule has 0 heterocycles. The van der Waals surface area contributed by atoms with Gasteiger partial charge in [-0.3, -0.25) is 0 Å². The summed E-state index contributed by atoms with van der Waals surface area (Å²) in [5.41, 5.74) is 2.14. The van der Waals surface area contributed by atoms with E-state index in [1.165, 1.54) is 19.6 Å². The van der Waals surface area contributed by atoms with Gasteiger partial charge in [-0.2, -0.15) is 0 Å². The SMILES string of the molecule is CCN(CC)CC.Cc1cc(Br)ccc1NC(=S)S. The molecule has 0 aliphatic carbocycles. The van der Waals surface area contributed by atoms with Gasteiger partial charge < -0.3 is 10.2 Å². The van der Waals surface area contributed by atoms with Gasteiger partial charge >= 0.3 is 0 Å². The molecule has 1 rings (SSSR count). The molecule has 5 heteroatoms. The predicted molar refractivity (Wildman–Crippen MR) is 97.5 cm³/mol.